The summed E-state index contributed by atoms with van der Waals surface area (Å²) in [5.41, 5.74) is -1.60. The summed E-state index contributed by atoms with van der Waals surface area (Å²) in [6.45, 7) is 33.8. The van der Waals surface area contributed by atoms with Gasteiger partial charge in [0, 0.05) is 39.6 Å². The number of amides is 6. The Labute approximate surface area is 383 Å². The monoisotopic (exact) mass is 903 g/mol. The fourth-order valence-corrected chi connectivity index (χ4v) is 7.40. The van der Waals surface area contributed by atoms with Crippen LogP contribution in [0.1, 0.15) is 123 Å². The molecule has 64 heavy (non-hydrogen) atoms. The molecule has 6 atom stereocenters. The zero-order valence-corrected chi connectivity index (χ0v) is 42.6. The molecule has 2 aliphatic rings. The van der Waals surface area contributed by atoms with Crippen LogP contribution in [0.4, 0.5) is 19.2 Å². The van der Waals surface area contributed by atoms with E-state index in [2.05, 4.69) is 29.8 Å². The number of alkyl carbamates (subject to hydrolysis) is 1. The lowest BCUT2D eigenvalue weighted by atomic mass is 9.85. The number of benzene rings is 1. The van der Waals surface area contributed by atoms with E-state index >= 15 is 0 Å². The highest BCUT2D eigenvalue weighted by atomic mass is 16.6. The summed E-state index contributed by atoms with van der Waals surface area (Å²) in [5, 5.41) is 8.71. The highest BCUT2D eigenvalue weighted by Crippen LogP contribution is 2.65. The largest absolute Gasteiger partial charge is 0.467 e. The minimum atomic E-state index is -0.875. The van der Waals surface area contributed by atoms with Crippen LogP contribution < -0.4 is 16.0 Å². The summed E-state index contributed by atoms with van der Waals surface area (Å²) in [6.07, 6.45) is -1.42. The van der Waals surface area contributed by atoms with Crippen molar-refractivity contribution in [1.29, 1.82) is 0 Å². The Bertz CT molecular complexity index is 1770. The lowest BCUT2D eigenvalue weighted by molar-refractivity contribution is -0.154. The van der Waals surface area contributed by atoms with Crippen molar-refractivity contribution < 1.29 is 47.7 Å². The quantitative estimate of drug-likeness (QED) is 0.146. The minimum absolute atomic E-state index is 0.0300. The first kappa shape index (κ1) is 55.4. The van der Waals surface area contributed by atoms with Gasteiger partial charge in [-0.25, -0.2) is 24.0 Å². The molecule has 16 nitrogen and oxygen atoms in total. The van der Waals surface area contributed by atoms with E-state index < -0.39 is 70.4 Å². The van der Waals surface area contributed by atoms with Gasteiger partial charge in [-0.3, -0.25) is 4.79 Å². The molecule has 0 bridgehead atoms. The topological polar surface area (TPSA) is 185 Å². The maximum absolute atomic E-state index is 13.8. The maximum atomic E-state index is 13.8. The number of piperidine rings is 1. The molecule has 0 radical (unpaired) electrons. The molecule has 0 spiro atoms. The number of fused-ring (bicyclic) bond motifs is 1. The Morgan fingerprint density at radius 2 is 1.16 bits per heavy atom. The van der Waals surface area contributed by atoms with Gasteiger partial charge in [-0.1, -0.05) is 106 Å². The van der Waals surface area contributed by atoms with Crippen LogP contribution in [0.15, 0.2) is 30.3 Å². The Morgan fingerprint density at radius 1 is 0.703 bits per heavy atom. The van der Waals surface area contributed by atoms with Crippen LogP contribution in [0.25, 0.3) is 0 Å². The number of methoxy groups -OCH3 is 1. The van der Waals surface area contributed by atoms with E-state index in [0.717, 1.165) is 5.56 Å². The maximum Gasteiger partial charge on any atom is 0.410 e. The molecule has 1 saturated carbocycles. The lowest BCUT2D eigenvalue weighted by Crippen LogP contribution is -2.61. The molecule has 1 saturated heterocycles. The number of carbonyl (C=O) groups is 6. The molecule has 2 fully saturated rings. The molecule has 6 amide bonds. The van der Waals surface area contributed by atoms with Crippen molar-refractivity contribution in [2.45, 2.75) is 160 Å². The van der Waals surface area contributed by atoms with E-state index in [0.29, 0.717) is 13.1 Å². The van der Waals surface area contributed by atoms with Crippen molar-refractivity contribution >= 4 is 36.2 Å². The Hall–Kier alpha value is -4.76. The fourth-order valence-electron chi connectivity index (χ4n) is 7.40. The standard InChI is InChI=1S/C28H50N4O6.C20H32N2O4/c1-25(2,3)17(15-31(12)24(36)38-27(7,8)9)29-23(35)30-20(26(4,5)6)21(33)32-14-16-18(28(16,10)11)19(32)22(34)37-13;1-19(2,3)16(13-22(7)18(24)26-20(4,5)6)21-17(23)25-14-15-11-9-8-10-12-15/h16-20H,14-15H2,1-13H3,(H2,29,30,35);8-12,16H,13-14H2,1-7H3,(H,21,23)/t16?,17-,18?,19+,20-;16-/m11/s1. The molecular formula is C48H82N6O10. The summed E-state index contributed by atoms with van der Waals surface area (Å²) in [4.78, 5) is 81.2. The number of carbonyl (C=O) groups excluding carboxylic acids is 6. The normalized spacial score (nSPS) is 19.5. The minimum Gasteiger partial charge on any atom is -0.467 e. The van der Waals surface area contributed by atoms with Gasteiger partial charge in [0.05, 0.1) is 19.2 Å². The first-order valence-corrected chi connectivity index (χ1v) is 22.2. The summed E-state index contributed by atoms with van der Waals surface area (Å²) >= 11 is 0. The second-order valence-electron chi connectivity index (χ2n) is 23.1. The van der Waals surface area contributed by atoms with Gasteiger partial charge in [0.15, 0.2) is 0 Å². The second-order valence-corrected chi connectivity index (χ2v) is 23.1. The SMILES string of the molecule is CN(C[C@@H](NC(=O)OCc1ccccc1)C(C)(C)C)C(=O)OC(C)(C)C.COC(=O)[C@@H]1C2C(CN1C(=O)[C@@H](NC(=O)N[C@H](CN(C)C(=O)OC(C)(C)C)C(C)(C)C)C(C)(C)C)C2(C)C. The number of likely N-dealkylation sites (N-methyl/N-ethyl adjacent to an activating group) is 2. The highest BCUT2D eigenvalue weighted by molar-refractivity contribution is 5.92. The number of nitrogens with zero attached hydrogens (tertiary/aromatic N) is 3. The van der Waals surface area contributed by atoms with Crippen LogP contribution in [-0.2, 0) is 35.1 Å². The number of hydrogen-bond donors (Lipinski definition) is 3. The summed E-state index contributed by atoms with van der Waals surface area (Å²) in [6, 6.07) is 6.71. The number of likely N-dealkylation sites (tertiary alicyclic amines) is 1. The van der Waals surface area contributed by atoms with E-state index in [-0.39, 0.29) is 47.8 Å². The van der Waals surface area contributed by atoms with Gasteiger partial charge in [-0.2, -0.15) is 0 Å². The van der Waals surface area contributed by atoms with Gasteiger partial charge < -0.3 is 49.6 Å². The number of nitrogens with one attached hydrogen (secondary N) is 3. The molecule has 1 aliphatic carbocycles. The number of hydrogen-bond acceptors (Lipinski definition) is 10. The predicted molar refractivity (Wildman–Crippen MR) is 247 cm³/mol. The van der Waals surface area contributed by atoms with Crippen LogP contribution in [0.3, 0.4) is 0 Å². The van der Waals surface area contributed by atoms with Crippen LogP contribution in [-0.4, -0.2) is 127 Å². The summed E-state index contributed by atoms with van der Waals surface area (Å²) in [5.74, 6) is -0.462. The Morgan fingerprint density at radius 3 is 1.56 bits per heavy atom. The molecule has 1 aliphatic heterocycles. The highest BCUT2D eigenvalue weighted by Gasteiger charge is 2.70. The van der Waals surface area contributed by atoms with Gasteiger partial charge in [0.1, 0.15) is 29.9 Å². The van der Waals surface area contributed by atoms with Crippen molar-refractivity contribution in [2.75, 3.05) is 40.8 Å². The molecule has 1 aromatic rings. The Kier molecular flexibility index (Phi) is 18.2. The first-order valence-electron chi connectivity index (χ1n) is 22.2. The zero-order valence-electron chi connectivity index (χ0n) is 42.6. The van der Waals surface area contributed by atoms with Crippen LogP contribution >= 0.6 is 0 Å². The van der Waals surface area contributed by atoms with Crippen molar-refractivity contribution in [3.63, 3.8) is 0 Å². The molecule has 3 rings (SSSR count). The third-order valence-corrected chi connectivity index (χ3v) is 11.5. The van der Waals surface area contributed by atoms with E-state index in [1.807, 2.05) is 113 Å². The Balaban J connectivity index is 0.000000473. The van der Waals surface area contributed by atoms with Gasteiger partial charge in [-0.15, -0.1) is 0 Å². The van der Waals surface area contributed by atoms with Crippen LogP contribution in [0.2, 0.25) is 0 Å². The molecule has 2 unspecified atom stereocenters. The molecule has 3 N–H and O–H groups in total. The van der Waals surface area contributed by atoms with Crippen LogP contribution in [0, 0.1) is 33.5 Å². The smallest absolute Gasteiger partial charge is 0.410 e. The van der Waals surface area contributed by atoms with E-state index in [1.165, 1.54) is 16.9 Å². The average Bonchev–Trinajstić information content (AvgIpc) is 3.43. The molecule has 1 aromatic carbocycles. The van der Waals surface area contributed by atoms with Crippen molar-refractivity contribution in [2.24, 2.45) is 33.5 Å². The van der Waals surface area contributed by atoms with E-state index in [9.17, 15) is 28.8 Å². The number of rotatable bonds is 11. The second kappa shape index (κ2) is 21.0. The van der Waals surface area contributed by atoms with Gasteiger partial charge in [0.25, 0.3) is 0 Å². The van der Waals surface area contributed by atoms with Crippen molar-refractivity contribution in [1.82, 2.24) is 30.7 Å². The molecule has 16 heteroatoms. The zero-order chi connectivity index (χ0) is 49.6. The summed E-state index contributed by atoms with van der Waals surface area (Å²) in [7, 11) is 4.62. The predicted octanol–water partition coefficient (Wildman–Crippen LogP) is 7.83. The molecule has 1 heterocycles. The van der Waals surface area contributed by atoms with Crippen molar-refractivity contribution in [3.05, 3.63) is 35.9 Å². The van der Waals surface area contributed by atoms with E-state index in [1.54, 1.807) is 39.8 Å². The molecule has 364 valence electrons. The fraction of sp³-hybridized carbons (Fsp3) is 0.750. The van der Waals surface area contributed by atoms with Crippen molar-refractivity contribution in [3.8, 4) is 0 Å². The first-order chi connectivity index (χ1) is 28.9. The van der Waals surface area contributed by atoms with Gasteiger partial charge in [-0.05, 0) is 74.7 Å². The third kappa shape index (κ3) is 16.7. The lowest BCUT2D eigenvalue weighted by Gasteiger charge is -2.38. The molecular weight excluding hydrogens is 821 g/mol. The third-order valence-electron chi connectivity index (χ3n) is 11.5. The number of ether oxygens (including phenoxy) is 4. The summed E-state index contributed by atoms with van der Waals surface area (Å²) < 4.78 is 21.2. The number of urea groups is 1. The van der Waals surface area contributed by atoms with Crippen LogP contribution in [0.5, 0.6) is 0 Å². The molecule has 0 aromatic heterocycles. The average molecular weight is 903 g/mol. The number of esters is 1. The van der Waals surface area contributed by atoms with Gasteiger partial charge in [0.2, 0.25) is 5.91 Å². The van der Waals surface area contributed by atoms with Gasteiger partial charge >= 0.3 is 30.3 Å². The van der Waals surface area contributed by atoms with E-state index in [4.69, 9.17) is 18.9 Å².